The van der Waals surface area contributed by atoms with Gasteiger partial charge in [0, 0.05) is 4.88 Å². The van der Waals surface area contributed by atoms with Gasteiger partial charge in [-0.2, -0.15) is 0 Å². The number of hydrogen-bond donors (Lipinski definition) is 1. The Morgan fingerprint density at radius 3 is 2.56 bits per heavy atom. The van der Waals surface area contributed by atoms with E-state index in [1.165, 1.54) is 22.2 Å². The lowest BCUT2D eigenvalue weighted by atomic mass is 10.1. The minimum atomic E-state index is -0.214. The lowest BCUT2D eigenvalue weighted by Crippen LogP contribution is -2.23. The molecule has 1 amide bonds. The molecule has 0 aliphatic heterocycles. The van der Waals surface area contributed by atoms with Crippen LogP contribution >= 0.6 is 34.7 Å². The number of thiophene rings is 1. The van der Waals surface area contributed by atoms with Gasteiger partial charge in [-0.05, 0) is 55.2 Å². The molecule has 0 saturated carbocycles. The van der Waals surface area contributed by atoms with Crippen molar-refractivity contribution in [2.75, 3.05) is 11.1 Å². The largest absolute Gasteiger partial charge is 0.324 e. The molecule has 4 rings (SSSR count). The molecule has 5 nitrogen and oxygen atoms in total. The van der Waals surface area contributed by atoms with Crippen LogP contribution in [0.2, 0.25) is 5.02 Å². The number of aryl methyl sites for hydroxylation is 3. The van der Waals surface area contributed by atoms with Crippen LogP contribution in [0.25, 0.3) is 15.9 Å². The number of anilines is 1. The fourth-order valence-electron chi connectivity index (χ4n) is 3.76. The number of hydrogen-bond acceptors (Lipinski definition) is 5. The van der Waals surface area contributed by atoms with Gasteiger partial charge in [0.25, 0.3) is 5.56 Å². The molecular weight excluding hydrogens is 486 g/mol. The van der Waals surface area contributed by atoms with E-state index in [0.29, 0.717) is 21.3 Å². The summed E-state index contributed by atoms with van der Waals surface area (Å²) >= 11 is 8.98. The third kappa shape index (κ3) is 5.06. The number of carbonyl (C=O) groups excluding carboxylic acids is 1. The van der Waals surface area contributed by atoms with Crippen LogP contribution in [0.5, 0.6) is 0 Å². The van der Waals surface area contributed by atoms with Crippen LogP contribution in [0.4, 0.5) is 5.69 Å². The number of amides is 1. The van der Waals surface area contributed by atoms with Gasteiger partial charge in [-0.15, -0.1) is 11.3 Å². The van der Waals surface area contributed by atoms with Crippen molar-refractivity contribution >= 4 is 56.5 Å². The van der Waals surface area contributed by atoms with Crippen LogP contribution in [-0.4, -0.2) is 21.2 Å². The summed E-state index contributed by atoms with van der Waals surface area (Å²) in [6.45, 7) is 6.22. The molecule has 0 unspecified atom stereocenters. The number of aromatic nitrogens is 2. The lowest BCUT2D eigenvalue weighted by Gasteiger charge is -2.13. The van der Waals surface area contributed by atoms with Crippen molar-refractivity contribution in [3.8, 4) is 5.69 Å². The van der Waals surface area contributed by atoms with Gasteiger partial charge in [0.15, 0.2) is 5.16 Å². The molecule has 0 atom stereocenters. The number of nitrogens with zero attached hydrogens (tertiary/aromatic N) is 2. The molecule has 176 valence electrons. The van der Waals surface area contributed by atoms with Crippen molar-refractivity contribution in [3.63, 3.8) is 0 Å². The summed E-state index contributed by atoms with van der Waals surface area (Å²) in [7, 11) is 0. The second-order valence-corrected chi connectivity index (χ2v) is 10.4. The molecule has 34 heavy (non-hydrogen) atoms. The van der Waals surface area contributed by atoms with Crippen molar-refractivity contribution in [1.82, 2.24) is 9.55 Å². The first-order valence-electron chi connectivity index (χ1n) is 11.2. The topological polar surface area (TPSA) is 64.0 Å². The first-order valence-corrected chi connectivity index (χ1v) is 13.4. The highest BCUT2D eigenvalue weighted by Crippen LogP contribution is 2.31. The molecule has 8 heteroatoms. The number of benzene rings is 2. The Balaban J connectivity index is 1.73. The summed E-state index contributed by atoms with van der Waals surface area (Å²) in [5, 5.41) is 4.47. The molecule has 0 bridgehead atoms. The highest BCUT2D eigenvalue weighted by Gasteiger charge is 2.20. The lowest BCUT2D eigenvalue weighted by molar-refractivity contribution is -0.113. The van der Waals surface area contributed by atoms with Crippen LogP contribution < -0.4 is 10.9 Å². The third-order valence-electron chi connectivity index (χ3n) is 5.59. The first kappa shape index (κ1) is 24.5. The molecule has 0 fully saturated rings. The van der Waals surface area contributed by atoms with Gasteiger partial charge < -0.3 is 5.32 Å². The van der Waals surface area contributed by atoms with E-state index < -0.39 is 0 Å². The van der Waals surface area contributed by atoms with E-state index in [1.807, 2.05) is 43.3 Å². The number of fused-ring (bicyclic) bond motifs is 1. The van der Waals surface area contributed by atoms with E-state index in [0.717, 1.165) is 35.3 Å². The smallest absolute Gasteiger partial charge is 0.267 e. The molecule has 0 spiro atoms. The minimum Gasteiger partial charge on any atom is -0.324 e. The predicted octanol–water partition coefficient (Wildman–Crippen LogP) is 6.65. The average Bonchev–Trinajstić information content (AvgIpc) is 3.15. The van der Waals surface area contributed by atoms with Gasteiger partial charge in [-0.3, -0.25) is 14.2 Å². The van der Waals surface area contributed by atoms with Crippen molar-refractivity contribution in [3.05, 3.63) is 79.9 Å². The Kier molecular flexibility index (Phi) is 7.76. The fraction of sp³-hybridized carbons (Fsp3) is 0.269. The van der Waals surface area contributed by atoms with Crippen molar-refractivity contribution in [2.45, 2.75) is 45.2 Å². The van der Waals surface area contributed by atoms with E-state index in [1.54, 1.807) is 28.0 Å². The average molecular weight is 512 g/mol. The summed E-state index contributed by atoms with van der Waals surface area (Å²) in [4.78, 5) is 33.1. The Hall–Kier alpha value is -2.61. The molecule has 0 saturated heterocycles. The van der Waals surface area contributed by atoms with Crippen LogP contribution in [0.3, 0.4) is 0 Å². The van der Waals surface area contributed by atoms with E-state index in [4.69, 9.17) is 16.6 Å². The van der Waals surface area contributed by atoms with Crippen LogP contribution in [-0.2, 0) is 17.6 Å². The number of thioether (sulfide) groups is 1. The van der Waals surface area contributed by atoms with Gasteiger partial charge in [0.05, 0.1) is 27.5 Å². The number of rotatable bonds is 8. The third-order valence-corrected chi connectivity index (χ3v) is 8.11. The molecule has 4 aromatic rings. The number of nitrogens with one attached hydrogen (secondary N) is 1. The molecule has 0 aliphatic carbocycles. The number of carbonyl (C=O) groups is 1. The van der Waals surface area contributed by atoms with Crippen molar-refractivity contribution in [1.29, 1.82) is 0 Å². The molecule has 0 radical (unpaired) electrons. The van der Waals surface area contributed by atoms with E-state index in [9.17, 15) is 9.59 Å². The maximum absolute atomic E-state index is 13.7. The van der Waals surface area contributed by atoms with Crippen molar-refractivity contribution < 1.29 is 4.79 Å². The molecule has 2 aromatic carbocycles. The number of halogens is 1. The Bertz CT molecular complexity index is 1390. The minimum absolute atomic E-state index is 0.0978. The summed E-state index contributed by atoms with van der Waals surface area (Å²) in [6.07, 6.45) is 2.84. The Morgan fingerprint density at radius 1 is 1.15 bits per heavy atom. The zero-order valence-electron chi connectivity index (χ0n) is 19.4. The standard InChI is InChI=1S/C26H26ClN3O2S2/c1-4-8-21-16(3)23-24(34-21)29-26(30(25(23)32)18-13-11-17(5-2)12-14-18)33-15-22(31)28-20-10-7-6-9-19(20)27/h6-7,9-14H,4-5,8,15H2,1-3H3,(H,28,31). The second-order valence-electron chi connectivity index (χ2n) is 7.95. The predicted molar refractivity (Wildman–Crippen MR) is 144 cm³/mol. The van der Waals surface area contributed by atoms with Gasteiger partial charge in [0.2, 0.25) is 5.91 Å². The van der Waals surface area contributed by atoms with Crippen LogP contribution in [0.1, 0.15) is 36.3 Å². The number of para-hydroxylation sites is 1. The van der Waals surface area contributed by atoms with Crippen molar-refractivity contribution in [2.24, 2.45) is 0 Å². The monoisotopic (exact) mass is 511 g/mol. The van der Waals surface area contributed by atoms with Gasteiger partial charge >= 0.3 is 0 Å². The Labute approximate surface area is 212 Å². The summed E-state index contributed by atoms with van der Waals surface area (Å²) < 4.78 is 1.63. The van der Waals surface area contributed by atoms with Crippen LogP contribution in [0.15, 0.2) is 58.5 Å². The quantitative estimate of drug-likeness (QED) is 0.212. The normalized spacial score (nSPS) is 11.2. The van der Waals surface area contributed by atoms with E-state index in [-0.39, 0.29) is 17.2 Å². The van der Waals surface area contributed by atoms with E-state index in [2.05, 4.69) is 19.2 Å². The highest BCUT2D eigenvalue weighted by molar-refractivity contribution is 7.99. The van der Waals surface area contributed by atoms with Crippen LogP contribution in [0, 0.1) is 6.92 Å². The first-order chi connectivity index (χ1) is 16.4. The zero-order chi connectivity index (χ0) is 24.2. The maximum atomic E-state index is 13.7. The maximum Gasteiger partial charge on any atom is 0.267 e. The molecule has 1 N–H and O–H groups in total. The molecular formula is C26H26ClN3O2S2. The van der Waals surface area contributed by atoms with E-state index >= 15 is 0 Å². The SMILES string of the molecule is CCCc1sc2nc(SCC(=O)Nc3ccccc3Cl)n(-c3ccc(CC)cc3)c(=O)c2c1C. The summed E-state index contributed by atoms with van der Waals surface area (Å²) in [5.74, 6) is -0.114. The zero-order valence-corrected chi connectivity index (χ0v) is 21.7. The molecule has 2 heterocycles. The van der Waals surface area contributed by atoms with Gasteiger partial charge in [0.1, 0.15) is 4.83 Å². The highest BCUT2D eigenvalue weighted by atomic mass is 35.5. The summed E-state index contributed by atoms with van der Waals surface area (Å²) in [6, 6.07) is 15.0. The molecule has 2 aromatic heterocycles. The Morgan fingerprint density at radius 2 is 1.88 bits per heavy atom. The summed E-state index contributed by atoms with van der Waals surface area (Å²) in [5.41, 5.74) is 3.40. The fourth-order valence-corrected chi connectivity index (χ4v) is 6.08. The molecule has 0 aliphatic rings. The second kappa shape index (κ2) is 10.8. The van der Waals surface area contributed by atoms with Gasteiger partial charge in [-0.1, -0.05) is 67.9 Å². The van der Waals surface area contributed by atoms with Gasteiger partial charge in [-0.25, -0.2) is 4.98 Å².